The van der Waals surface area contributed by atoms with Gasteiger partial charge in [-0.05, 0) is 69.5 Å². The largest absolute Gasteiger partial charge is 0.504 e. The zero-order chi connectivity index (χ0) is 21.7. The first-order valence-corrected chi connectivity index (χ1v) is 9.85. The maximum atomic E-state index is 12.8. The van der Waals surface area contributed by atoms with Crippen LogP contribution in [0, 0.1) is 0 Å². The molecule has 0 unspecified atom stereocenters. The van der Waals surface area contributed by atoms with E-state index in [1.54, 1.807) is 24.3 Å². The highest BCUT2D eigenvalue weighted by atomic mass is 16.5. The lowest BCUT2D eigenvalue weighted by Crippen LogP contribution is -2.05. The van der Waals surface area contributed by atoms with E-state index in [4.69, 9.17) is 9.15 Å². The Kier molecular flexibility index (Phi) is 6.62. The normalized spacial score (nSPS) is 11.5. The summed E-state index contributed by atoms with van der Waals surface area (Å²) >= 11 is 0. The van der Waals surface area contributed by atoms with Gasteiger partial charge in [-0.15, -0.1) is 0 Å². The fourth-order valence-electron chi connectivity index (χ4n) is 3.06. The van der Waals surface area contributed by atoms with Crippen LogP contribution in [0.3, 0.4) is 0 Å². The van der Waals surface area contributed by atoms with Gasteiger partial charge in [0.25, 0.3) is 0 Å². The maximum Gasteiger partial charge on any atom is 0.200 e. The fraction of sp³-hybridized carbons (Fsp3) is 0.240. The first-order valence-electron chi connectivity index (χ1n) is 9.85. The molecular formula is C25H26O5. The highest BCUT2D eigenvalue weighted by Gasteiger charge is 2.12. The molecule has 0 bridgehead atoms. The second-order valence-corrected chi connectivity index (χ2v) is 7.52. The van der Waals surface area contributed by atoms with Crippen molar-refractivity contribution in [2.75, 3.05) is 6.61 Å². The Labute approximate surface area is 175 Å². The summed E-state index contributed by atoms with van der Waals surface area (Å²) in [4.78, 5) is 12.8. The van der Waals surface area contributed by atoms with Crippen LogP contribution in [0.1, 0.15) is 33.6 Å². The van der Waals surface area contributed by atoms with E-state index < -0.39 is 0 Å². The van der Waals surface area contributed by atoms with E-state index >= 15 is 0 Å². The summed E-state index contributed by atoms with van der Waals surface area (Å²) in [7, 11) is 0. The molecule has 1 heterocycles. The number of hydrogen-bond donors (Lipinski definition) is 2. The van der Waals surface area contributed by atoms with Crippen LogP contribution in [0.15, 0.2) is 75.2 Å². The Morgan fingerprint density at radius 2 is 1.83 bits per heavy atom. The van der Waals surface area contributed by atoms with E-state index in [1.807, 2.05) is 0 Å². The molecule has 0 saturated carbocycles. The van der Waals surface area contributed by atoms with E-state index in [9.17, 15) is 15.0 Å². The van der Waals surface area contributed by atoms with E-state index in [-0.39, 0.29) is 16.9 Å². The second kappa shape index (κ2) is 9.35. The van der Waals surface area contributed by atoms with Crippen LogP contribution in [-0.4, -0.2) is 16.8 Å². The molecule has 2 aromatic carbocycles. The Morgan fingerprint density at radius 1 is 1.03 bits per heavy atom. The third kappa shape index (κ3) is 5.11. The number of allylic oxidation sites excluding steroid dienone is 3. The molecule has 1 aromatic heterocycles. The van der Waals surface area contributed by atoms with Gasteiger partial charge in [0.15, 0.2) is 16.9 Å². The molecule has 3 rings (SSSR count). The molecule has 0 aliphatic rings. The Hall–Kier alpha value is -3.47. The minimum absolute atomic E-state index is 0.220. The third-order valence-electron chi connectivity index (χ3n) is 4.81. The van der Waals surface area contributed by atoms with Crippen molar-refractivity contribution in [3.63, 3.8) is 0 Å². The molecule has 0 fully saturated rings. The molecule has 0 radical (unpaired) electrons. The van der Waals surface area contributed by atoms with E-state index in [1.165, 1.54) is 29.5 Å². The molecule has 0 aliphatic carbocycles. The Balaban J connectivity index is 1.75. The van der Waals surface area contributed by atoms with Crippen molar-refractivity contribution in [3.05, 3.63) is 76.2 Å². The average Bonchev–Trinajstić information content (AvgIpc) is 2.70. The molecule has 5 nitrogen and oxygen atoms in total. The molecular weight excluding hydrogens is 380 g/mol. The quantitative estimate of drug-likeness (QED) is 0.375. The van der Waals surface area contributed by atoms with Crippen molar-refractivity contribution in [1.29, 1.82) is 0 Å². The van der Waals surface area contributed by atoms with Crippen LogP contribution < -0.4 is 10.2 Å². The second-order valence-electron chi connectivity index (χ2n) is 7.52. The minimum Gasteiger partial charge on any atom is -0.504 e. The molecule has 0 amide bonds. The summed E-state index contributed by atoms with van der Waals surface area (Å²) < 4.78 is 11.4. The standard InChI is InChI=1S/C25H26O5/c1-16(2)5-4-6-17(3)11-12-29-19-8-9-20-24(14-19)30-15-21(25(20)28)18-7-10-22(26)23(27)13-18/h5,7-11,13-15,26-27H,4,6,12H2,1-3H3. The van der Waals surface area contributed by atoms with Gasteiger partial charge in [0.1, 0.15) is 24.2 Å². The molecule has 0 saturated heterocycles. The van der Waals surface area contributed by atoms with Crippen LogP contribution in [0.2, 0.25) is 0 Å². The number of phenols is 2. The van der Waals surface area contributed by atoms with Gasteiger partial charge in [0.2, 0.25) is 0 Å². The predicted molar refractivity (Wildman–Crippen MR) is 119 cm³/mol. The molecule has 3 aromatic rings. The van der Waals surface area contributed by atoms with Crippen LogP contribution in [0.5, 0.6) is 17.2 Å². The third-order valence-corrected chi connectivity index (χ3v) is 4.81. The lowest BCUT2D eigenvalue weighted by Gasteiger charge is -2.07. The van der Waals surface area contributed by atoms with Gasteiger partial charge >= 0.3 is 0 Å². The van der Waals surface area contributed by atoms with Crippen molar-refractivity contribution in [2.24, 2.45) is 0 Å². The van der Waals surface area contributed by atoms with Gasteiger partial charge in [-0.1, -0.05) is 23.3 Å². The first-order chi connectivity index (χ1) is 14.3. The van der Waals surface area contributed by atoms with Crippen molar-refractivity contribution in [3.8, 4) is 28.4 Å². The number of fused-ring (bicyclic) bond motifs is 1. The van der Waals surface area contributed by atoms with E-state index in [0.29, 0.717) is 34.5 Å². The summed E-state index contributed by atoms with van der Waals surface area (Å²) in [6.45, 7) is 6.72. The van der Waals surface area contributed by atoms with Crippen molar-refractivity contribution in [2.45, 2.75) is 33.6 Å². The Morgan fingerprint density at radius 3 is 2.57 bits per heavy atom. The van der Waals surface area contributed by atoms with Crippen LogP contribution in [0.4, 0.5) is 0 Å². The van der Waals surface area contributed by atoms with Crippen LogP contribution >= 0.6 is 0 Å². The Bertz CT molecular complexity index is 1160. The fourth-order valence-corrected chi connectivity index (χ4v) is 3.06. The van der Waals surface area contributed by atoms with Crippen molar-refractivity contribution < 1.29 is 19.4 Å². The zero-order valence-corrected chi connectivity index (χ0v) is 17.4. The molecule has 5 heteroatoms. The van der Waals surface area contributed by atoms with Gasteiger partial charge < -0.3 is 19.4 Å². The van der Waals surface area contributed by atoms with Gasteiger partial charge in [0, 0.05) is 6.07 Å². The smallest absolute Gasteiger partial charge is 0.200 e. The summed E-state index contributed by atoms with van der Waals surface area (Å²) in [5.74, 6) is 0.0842. The number of phenolic OH excluding ortho intramolecular Hbond substituents is 2. The number of ether oxygens (including phenoxy) is 1. The van der Waals surface area contributed by atoms with Crippen LogP contribution in [-0.2, 0) is 0 Å². The molecule has 0 spiro atoms. The molecule has 0 aliphatic heterocycles. The van der Waals surface area contributed by atoms with Crippen LogP contribution in [0.25, 0.3) is 22.1 Å². The summed E-state index contributed by atoms with van der Waals surface area (Å²) in [5.41, 5.74) is 3.57. The monoisotopic (exact) mass is 406 g/mol. The number of hydrogen-bond acceptors (Lipinski definition) is 5. The van der Waals surface area contributed by atoms with Gasteiger partial charge in [-0.2, -0.15) is 0 Å². The zero-order valence-electron chi connectivity index (χ0n) is 17.4. The van der Waals surface area contributed by atoms with Gasteiger partial charge in [-0.3, -0.25) is 4.79 Å². The molecule has 156 valence electrons. The summed E-state index contributed by atoms with van der Waals surface area (Å²) in [6.07, 6.45) is 7.65. The lowest BCUT2D eigenvalue weighted by atomic mass is 10.0. The average molecular weight is 406 g/mol. The SMILES string of the molecule is CC(C)=CCCC(C)=CCOc1ccc2c(=O)c(-c3ccc(O)c(O)c3)coc2c1. The molecule has 30 heavy (non-hydrogen) atoms. The topological polar surface area (TPSA) is 79.9 Å². The lowest BCUT2D eigenvalue weighted by molar-refractivity contribution is 0.361. The number of rotatable bonds is 7. The maximum absolute atomic E-state index is 12.8. The number of aromatic hydroxyl groups is 2. The molecule has 0 atom stereocenters. The first kappa shape index (κ1) is 21.2. The number of benzene rings is 2. The predicted octanol–water partition coefficient (Wildman–Crippen LogP) is 5.94. The van der Waals surface area contributed by atoms with E-state index in [2.05, 4.69) is 32.9 Å². The highest BCUT2D eigenvalue weighted by molar-refractivity contribution is 5.83. The minimum atomic E-state index is -0.292. The van der Waals surface area contributed by atoms with E-state index in [0.717, 1.165) is 12.8 Å². The van der Waals surface area contributed by atoms with Gasteiger partial charge in [-0.25, -0.2) is 0 Å². The van der Waals surface area contributed by atoms with Crippen molar-refractivity contribution >= 4 is 11.0 Å². The van der Waals surface area contributed by atoms with Gasteiger partial charge in [0.05, 0.1) is 10.9 Å². The molecule has 2 N–H and O–H groups in total. The highest BCUT2D eigenvalue weighted by Crippen LogP contribution is 2.30. The summed E-state index contributed by atoms with van der Waals surface area (Å²) in [6, 6.07) is 9.32. The summed E-state index contributed by atoms with van der Waals surface area (Å²) in [5, 5.41) is 19.6. The van der Waals surface area contributed by atoms with Crippen molar-refractivity contribution in [1.82, 2.24) is 0 Å².